The molecular formula is C16H14Cl3NO. The van der Waals surface area contributed by atoms with E-state index in [-0.39, 0.29) is 5.91 Å². The lowest BCUT2D eigenvalue weighted by molar-refractivity contribution is 0.0785. The third-order valence-corrected chi connectivity index (χ3v) is 3.79. The first-order chi connectivity index (χ1) is 9.99. The molecule has 0 fully saturated rings. The monoisotopic (exact) mass is 341 g/mol. The van der Waals surface area contributed by atoms with Crippen molar-refractivity contribution >= 4 is 40.7 Å². The Labute approximate surface area is 139 Å². The highest BCUT2D eigenvalue weighted by atomic mass is 35.5. The van der Waals surface area contributed by atoms with E-state index in [2.05, 4.69) is 0 Å². The van der Waals surface area contributed by atoms with Crippen LogP contribution >= 0.6 is 34.8 Å². The molecule has 110 valence electrons. The Morgan fingerprint density at radius 2 is 1.57 bits per heavy atom. The van der Waals surface area contributed by atoms with Gasteiger partial charge in [-0.2, -0.15) is 0 Å². The molecule has 0 aliphatic carbocycles. The van der Waals surface area contributed by atoms with E-state index >= 15 is 0 Å². The Morgan fingerprint density at radius 1 is 1.00 bits per heavy atom. The molecule has 0 N–H and O–H groups in total. The molecule has 0 saturated carbocycles. The Balaban J connectivity index is 2.11. The summed E-state index contributed by atoms with van der Waals surface area (Å²) in [5.74, 6) is 0.373. The molecule has 0 atom stereocenters. The van der Waals surface area contributed by atoms with Crippen LogP contribution in [0.3, 0.4) is 0 Å². The predicted octanol–water partition coefficient (Wildman–Crippen LogP) is 5.00. The maximum atomic E-state index is 12.3. The van der Waals surface area contributed by atoms with Crippen molar-refractivity contribution < 1.29 is 4.79 Å². The van der Waals surface area contributed by atoms with Gasteiger partial charge in [0, 0.05) is 35.1 Å². The first-order valence-corrected chi connectivity index (χ1v) is 7.64. The average molecular weight is 343 g/mol. The van der Waals surface area contributed by atoms with Gasteiger partial charge in [0.05, 0.1) is 0 Å². The summed E-state index contributed by atoms with van der Waals surface area (Å²) < 4.78 is 0. The molecule has 0 aromatic heterocycles. The average Bonchev–Trinajstić information content (AvgIpc) is 2.45. The van der Waals surface area contributed by atoms with Gasteiger partial charge in [0.15, 0.2) is 0 Å². The largest absolute Gasteiger partial charge is 0.337 e. The second-order valence-corrected chi connectivity index (χ2v) is 5.91. The second-order valence-electron chi connectivity index (χ2n) is 4.77. The highest BCUT2D eigenvalue weighted by Crippen LogP contribution is 2.20. The first kappa shape index (κ1) is 16.2. The molecule has 2 rings (SSSR count). The number of halogens is 3. The summed E-state index contributed by atoms with van der Waals surface area (Å²) in [5.41, 5.74) is 2.50. The summed E-state index contributed by atoms with van der Waals surface area (Å²) in [6.07, 6.45) is 0. The first-order valence-electron chi connectivity index (χ1n) is 6.35. The minimum absolute atomic E-state index is 0.0628. The van der Waals surface area contributed by atoms with Crippen LogP contribution in [-0.2, 0) is 12.4 Å². The van der Waals surface area contributed by atoms with E-state index in [0.29, 0.717) is 28.0 Å². The second kappa shape index (κ2) is 7.17. The zero-order valence-corrected chi connectivity index (χ0v) is 13.7. The van der Waals surface area contributed by atoms with Gasteiger partial charge in [-0.25, -0.2) is 0 Å². The van der Waals surface area contributed by atoms with E-state index in [1.807, 2.05) is 12.1 Å². The van der Waals surface area contributed by atoms with Crippen molar-refractivity contribution in [2.24, 2.45) is 0 Å². The van der Waals surface area contributed by atoms with Crippen molar-refractivity contribution in [2.75, 3.05) is 7.05 Å². The lowest BCUT2D eigenvalue weighted by Gasteiger charge is -2.18. The molecule has 0 unspecified atom stereocenters. The van der Waals surface area contributed by atoms with E-state index in [1.165, 1.54) is 0 Å². The van der Waals surface area contributed by atoms with Crippen molar-refractivity contribution in [1.29, 1.82) is 0 Å². The summed E-state index contributed by atoms with van der Waals surface area (Å²) in [5, 5.41) is 1.12. The van der Waals surface area contributed by atoms with E-state index in [4.69, 9.17) is 34.8 Å². The van der Waals surface area contributed by atoms with Gasteiger partial charge in [-0.1, -0.05) is 35.3 Å². The van der Waals surface area contributed by atoms with Crippen LogP contribution < -0.4 is 0 Å². The van der Waals surface area contributed by atoms with Crippen LogP contribution in [-0.4, -0.2) is 17.9 Å². The molecule has 0 bridgehead atoms. The van der Waals surface area contributed by atoms with E-state index in [0.717, 1.165) is 11.1 Å². The number of amides is 1. The standard InChI is InChI=1S/C16H14Cl3NO/c1-20(10-12-6-14(18)8-15(19)7-12)16(21)13-4-2-11(9-17)3-5-13/h2-8H,9-10H2,1H3. The summed E-state index contributed by atoms with van der Waals surface area (Å²) in [6, 6.07) is 12.5. The van der Waals surface area contributed by atoms with Gasteiger partial charge < -0.3 is 4.90 Å². The number of hydrogen-bond acceptors (Lipinski definition) is 1. The third-order valence-electron chi connectivity index (χ3n) is 3.04. The van der Waals surface area contributed by atoms with E-state index in [1.54, 1.807) is 42.3 Å². The molecule has 0 aliphatic heterocycles. The molecule has 0 radical (unpaired) electrons. The molecule has 21 heavy (non-hydrogen) atoms. The van der Waals surface area contributed by atoms with Crippen LogP contribution in [0.15, 0.2) is 42.5 Å². The van der Waals surface area contributed by atoms with Gasteiger partial charge in [-0.05, 0) is 41.5 Å². The summed E-state index contributed by atoms with van der Waals surface area (Å²) in [7, 11) is 1.74. The van der Waals surface area contributed by atoms with Crippen LogP contribution in [0.25, 0.3) is 0 Å². The molecule has 2 nitrogen and oxygen atoms in total. The maximum Gasteiger partial charge on any atom is 0.253 e. The molecule has 2 aromatic carbocycles. The number of nitrogens with zero attached hydrogens (tertiary/aromatic N) is 1. The number of carbonyl (C=O) groups is 1. The summed E-state index contributed by atoms with van der Waals surface area (Å²) in [6.45, 7) is 0.441. The van der Waals surface area contributed by atoms with Crippen molar-refractivity contribution in [1.82, 2.24) is 4.90 Å². The van der Waals surface area contributed by atoms with E-state index in [9.17, 15) is 4.79 Å². The highest BCUT2D eigenvalue weighted by molar-refractivity contribution is 6.34. The number of hydrogen-bond donors (Lipinski definition) is 0. The molecule has 2 aromatic rings. The quantitative estimate of drug-likeness (QED) is 0.716. The van der Waals surface area contributed by atoms with Crippen LogP contribution in [0.5, 0.6) is 0 Å². The van der Waals surface area contributed by atoms with Crippen molar-refractivity contribution in [3.8, 4) is 0 Å². The Bertz CT molecular complexity index is 620. The minimum atomic E-state index is -0.0628. The molecular weight excluding hydrogens is 329 g/mol. The highest BCUT2D eigenvalue weighted by Gasteiger charge is 2.12. The molecule has 5 heteroatoms. The molecule has 0 heterocycles. The van der Waals surface area contributed by atoms with Gasteiger partial charge in [-0.15, -0.1) is 11.6 Å². The number of alkyl halides is 1. The molecule has 1 amide bonds. The van der Waals surface area contributed by atoms with Crippen LogP contribution in [0, 0.1) is 0 Å². The summed E-state index contributed by atoms with van der Waals surface area (Å²) >= 11 is 17.7. The zero-order valence-electron chi connectivity index (χ0n) is 11.4. The topological polar surface area (TPSA) is 20.3 Å². The Morgan fingerprint density at radius 3 is 2.10 bits per heavy atom. The van der Waals surface area contributed by atoms with Crippen molar-refractivity contribution in [3.05, 3.63) is 69.2 Å². The SMILES string of the molecule is CN(Cc1cc(Cl)cc(Cl)c1)C(=O)c1ccc(CCl)cc1. The van der Waals surface area contributed by atoms with Crippen molar-refractivity contribution in [2.45, 2.75) is 12.4 Å². The minimum Gasteiger partial charge on any atom is -0.337 e. The lowest BCUT2D eigenvalue weighted by Crippen LogP contribution is -2.26. The number of benzene rings is 2. The van der Waals surface area contributed by atoms with Gasteiger partial charge in [0.1, 0.15) is 0 Å². The maximum absolute atomic E-state index is 12.3. The smallest absolute Gasteiger partial charge is 0.253 e. The zero-order chi connectivity index (χ0) is 15.4. The molecule has 0 spiro atoms. The van der Waals surface area contributed by atoms with Gasteiger partial charge in [-0.3, -0.25) is 4.79 Å². The molecule has 0 aliphatic rings. The van der Waals surface area contributed by atoms with E-state index < -0.39 is 0 Å². The van der Waals surface area contributed by atoms with Crippen LogP contribution in [0.2, 0.25) is 10.0 Å². The fourth-order valence-corrected chi connectivity index (χ4v) is 2.75. The van der Waals surface area contributed by atoms with Crippen LogP contribution in [0.4, 0.5) is 0 Å². The van der Waals surface area contributed by atoms with Gasteiger partial charge in [0.2, 0.25) is 0 Å². The normalized spacial score (nSPS) is 10.5. The third kappa shape index (κ3) is 4.37. The fraction of sp³-hybridized carbons (Fsp3) is 0.188. The van der Waals surface area contributed by atoms with Crippen molar-refractivity contribution in [3.63, 3.8) is 0 Å². The van der Waals surface area contributed by atoms with Gasteiger partial charge >= 0.3 is 0 Å². The fourth-order valence-electron chi connectivity index (χ4n) is 2.00. The van der Waals surface area contributed by atoms with Gasteiger partial charge in [0.25, 0.3) is 5.91 Å². The Hall–Kier alpha value is -1.22. The predicted molar refractivity (Wildman–Crippen MR) is 88.3 cm³/mol. The number of carbonyl (C=O) groups excluding carboxylic acids is 1. The summed E-state index contributed by atoms with van der Waals surface area (Å²) in [4.78, 5) is 14.0. The van der Waals surface area contributed by atoms with Crippen LogP contribution in [0.1, 0.15) is 21.5 Å². The number of rotatable bonds is 4. The lowest BCUT2D eigenvalue weighted by atomic mass is 10.1. The Kier molecular flexibility index (Phi) is 5.51. The molecule has 0 saturated heterocycles.